The number of nitrogens with one attached hydrogen (secondary N) is 2. The second-order valence-electron chi connectivity index (χ2n) is 7.71. The molecule has 158 valence electrons. The summed E-state index contributed by atoms with van der Waals surface area (Å²) in [5.74, 6) is 1.47. The molecule has 1 aromatic heterocycles. The van der Waals surface area contributed by atoms with E-state index in [0.717, 1.165) is 49.9 Å². The van der Waals surface area contributed by atoms with Crippen LogP contribution >= 0.6 is 0 Å². The van der Waals surface area contributed by atoms with Crippen LogP contribution in [0.5, 0.6) is 0 Å². The summed E-state index contributed by atoms with van der Waals surface area (Å²) in [5.41, 5.74) is 2.12. The lowest BCUT2D eigenvalue weighted by Gasteiger charge is -2.30. The number of ether oxygens (including phenoxy) is 1. The number of aliphatic imine (C=N–C) groups is 1. The van der Waals surface area contributed by atoms with Gasteiger partial charge < -0.3 is 19.8 Å². The summed E-state index contributed by atoms with van der Waals surface area (Å²) in [5, 5.41) is 6.91. The number of rotatable bonds is 10. The summed E-state index contributed by atoms with van der Waals surface area (Å²) in [7, 11) is 0. The summed E-state index contributed by atoms with van der Waals surface area (Å²) in [6.45, 7) is 8.01. The third-order valence-electron chi connectivity index (χ3n) is 5.59. The number of hydrogen-bond acceptors (Lipinski definition) is 4. The van der Waals surface area contributed by atoms with Crippen molar-refractivity contribution in [3.05, 3.63) is 42.3 Å². The lowest BCUT2D eigenvalue weighted by atomic mass is 9.83. The van der Waals surface area contributed by atoms with Crippen molar-refractivity contribution in [3.8, 4) is 11.5 Å². The molecule has 1 fully saturated rings. The quantitative estimate of drug-likeness (QED) is 0.353. The molecule has 0 radical (unpaired) electrons. The summed E-state index contributed by atoms with van der Waals surface area (Å²) in [6.07, 6.45) is 7.94. The Balaban J connectivity index is 1.59. The van der Waals surface area contributed by atoms with Gasteiger partial charge in [-0.1, -0.05) is 31.0 Å². The van der Waals surface area contributed by atoms with Gasteiger partial charge in [-0.2, -0.15) is 0 Å². The second-order valence-corrected chi connectivity index (χ2v) is 7.71. The minimum absolute atomic E-state index is 0.319. The Kier molecular flexibility index (Phi) is 8.11. The monoisotopic (exact) mass is 398 g/mol. The zero-order valence-electron chi connectivity index (χ0n) is 17.7. The molecule has 1 saturated carbocycles. The van der Waals surface area contributed by atoms with Crippen molar-refractivity contribution in [2.45, 2.75) is 52.5 Å². The molecule has 6 heteroatoms. The molecule has 1 aromatic carbocycles. The number of oxazole rings is 1. The molecule has 0 aliphatic heterocycles. The van der Waals surface area contributed by atoms with Crippen LogP contribution in [0.15, 0.2) is 46.0 Å². The Bertz CT molecular complexity index is 751. The largest absolute Gasteiger partial charge is 0.444 e. The Labute approximate surface area is 174 Å². The Hall–Kier alpha value is -2.34. The van der Waals surface area contributed by atoms with E-state index in [0.29, 0.717) is 17.9 Å². The third kappa shape index (κ3) is 6.32. The molecule has 1 heterocycles. The van der Waals surface area contributed by atoms with Crippen LogP contribution in [0.1, 0.15) is 51.6 Å². The molecule has 0 saturated heterocycles. The van der Waals surface area contributed by atoms with E-state index >= 15 is 0 Å². The van der Waals surface area contributed by atoms with Crippen LogP contribution in [-0.4, -0.2) is 37.2 Å². The highest BCUT2D eigenvalue weighted by atomic mass is 16.5. The van der Waals surface area contributed by atoms with Gasteiger partial charge in [0.05, 0.1) is 6.54 Å². The summed E-state index contributed by atoms with van der Waals surface area (Å²) >= 11 is 0. The topological polar surface area (TPSA) is 71.7 Å². The zero-order valence-corrected chi connectivity index (χ0v) is 17.7. The van der Waals surface area contributed by atoms with Gasteiger partial charge in [0.1, 0.15) is 12.0 Å². The van der Waals surface area contributed by atoms with Crippen molar-refractivity contribution in [3.63, 3.8) is 0 Å². The molecule has 1 aliphatic rings. The van der Waals surface area contributed by atoms with Crippen molar-refractivity contribution in [2.24, 2.45) is 10.4 Å². The fourth-order valence-corrected chi connectivity index (χ4v) is 3.94. The average molecular weight is 399 g/mol. The number of aromatic nitrogens is 1. The molecule has 0 atom stereocenters. The third-order valence-corrected chi connectivity index (χ3v) is 5.59. The average Bonchev–Trinajstić information content (AvgIpc) is 3.41. The van der Waals surface area contributed by atoms with Crippen molar-refractivity contribution < 1.29 is 9.15 Å². The summed E-state index contributed by atoms with van der Waals surface area (Å²) in [6, 6.07) is 9.93. The Morgan fingerprint density at radius 3 is 2.69 bits per heavy atom. The molecular formula is C23H34N4O2. The molecule has 2 N–H and O–H groups in total. The van der Waals surface area contributed by atoms with Crippen molar-refractivity contribution in [1.29, 1.82) is 0 Å². The first-order chi connectivity index (χ1) is 14.2. The molecule has 3 rings (SSSR count). The zero-order chi connectivity index (χ0) is 20.4. The molecule has 0 bridgehead atoms. The maximum Gasteiger partial charge on any atom is 0.226 e. The van der Waals surface area contributed by atoms with Crippen LogP contribution in [-0.2, 0) is 11.3 Å². The van der Waals surface area contributed by atoms with E-state index in [4.69, 9.17) is 14.1 Å². The molecule has 29 heavy (non-hydrogen) atoms. The molecule has 0 unspecified atom stereocenters. The van der Waals surface area contributed by atoms with E-state index in [-0.39, 0.29) is 0 Å². The van der Waals surface area contributed by atoms with Gasteiger partial charge in [0, 0.05) is 31.9 Å². The predicted molar refractivity (Wildman–Crippen MR) is 117 cm³/mol. The molecule has 6 nitrogen and oxygen atoms in total. The van der Waals surface area contributed by atoms with Crippen LogP contribution < -0.4 is 10.6 Å². The SMILES string of the molecule is CCNC(=NCc1coc(-c2ccccc2)n1)NCC1(CCOCC)CCCC1. The first-order valence-corrected chi connectivity index (χ1v) is 10.8. The van der Waals surface area contributed by atoms with E-state index in [1.165, 1.54) is 25.7 Å². The molecule has 0 amide bonds. The molecule has 1 aliphatic carbocycles. The van der Waals surface area contributed by atoms with Crippen molar-refractivity contribution in [2.75, 3.05) is 26.3 Å². The molecule has 2 aromatic rings. The highest BCUT2D eigenvalue weighted by Gasteiger charge is 2.33. The van der Waals surface area contributed by atoms with Crippen molar-refractivity contribution >= 4 is 5.96 Å². The first kappa shape index (κ1) is 21.4. The number of guanidine groups is 1. The van der Waals surface area contributed by atoms with Crippen LogP contribution in [0.2, 0.25) is 0 Å². The van der Waals surface area contributed by atoms with Crippen molar-refractivity contribution in [1.82, 2.24) is 15.6 Å². The van der Waals surface area contributed by atoms with Gasteiger partial charge in [-0.15, -0.1) is 0 Å². The Morgan fingerprint density at radius 2 is 1.97 bits per heavy atom. The maximum atomic E-state index is 5.63. The lowest BCUT2D eigenvalue weighted by Crippen LogP contribution is -2.43. The van der Waals surface area contributed by atoms with Gasteiger partial charge in [-0.25, -0.2) is 9.98 Å². The fraction of sp³-hybridized carbons (Fsp3) is 0.565. The lowest BCUT2D eigenvalue weighted by molar-refractivity contribution is 0.105. The number of hydrogen-bond donors (Lipinski definition) is 2. The van der Waals surface area contributed by atoms with E-state index in [1.54, 1.807) is 6.26 Å². The predicted octanol–water partition coefficient (Wildman–Crippen LogP) is 4.38. The number of nitrogens with zero attached hydrogens (tertiary/aromatic N) is 2. The van der Waals surface area contributed by atoms with Gasteiger partial charge in [0.2, 0.25) is 5.89 Å². The van der Waals surface area contributed by atoms with Crippen LogP contribution in [0.3, 0.4) is 0 Å². The summed E-state index contributed by atoms with van der Waals surface area (Å²) < 4.78 is 11.2. The van der Waals surface area contributed by atoms with Gasteiger partial charge in [0.25, 0.3) is 0 Å². The first-order valence-electron chi connectivity index (χ1n) is 10.8. The minimum Gasteiger partial charge on any atom is -0.444 e. The molecule has 0 spiro atoms. The van der Waals surface area contributed by atoms with Gasteiger partial charge in [0.15, 0.2) is 5.96 Å². The van der Waals surface area contributed by atoms with Gasteiger partial charge in [-0.05, 0) is 50.7 Å². The normalized spacial score (nSPS) is 16.1. The maximum absolute atomic E-state index is 5.63. The van der Waals surface area contributed by atoms with Crippen LogP contribution in [0, 0.1) is 5.41 Å². The van der Waals surface area contributed by atoms with Gasteiger partial charge >= 0.3 is 0 Å². The fourth-order valence-electron chi connectivity index (χ4n) is 3.94. The van der Waals surface area contributed by atoms with E-state index < -0.39 is 0 Å². The van der Waals surface area contributed by atoms with E-state index in [9.17, 15) is 0 Å². The standard InChI is InChI=1S/C23H34N4O2/c1-3-24-22(26-18-23(12-8-9-13-23)14-15-28-4-2)25-16-20-17-29-21(27-20)19-10-6-5-7-11-19/h5-7,10-11,17H,3-4,8-9,12-16,18H2,1-2H3,(H2,24,25,26). The summed E-state index contributed by atoms with van der Waals surface area (Å²) in [4.78, 5) is 9.29. The molecular weight excluding hydrogens is 364 g/mol. The van der Waals surface area contributed by atoms with Crippen LogP contribution in [0.4, 0.5) is 0 Å². The highest BCUT2D eigenvalue weighted by Crippen LogP contribution is 2.40. The second kappa shape index (κ2) is 11.0. The number of benzene rings is 1. The van der Waals surface area contributed by atoms with Gasteiger partial charge in [-0.3, -0.25) is 0 Å². The smallest absolute Gasteiger partial charge is 0.226 e. The minimum atomic E-state index is 0.319. The highest BCUT2D eigenvalue weighted by molar-refractivity contribution is 5.79. The van der Waals surface area contributed by atoms with Crippen LogP contribution in [0.25, 0.3) is 11.5 Å². The Morgan fingerprint density at radius 1 is 1.17 bits per heavy atom. The van der Waals surface area contributed by atoms with E-state index in [2.05, 4.69) is 29.5 Å². The van der Waals surface area contributed by atoms with E-state index in [1.807, 2.05) is 30.3 Å².